The molecule has 0 radical (unpaired) electrons. The van der Waals surface area contributed by atoms with Gasteiger partial charge in [0.25, 0.3) is 5.91 Å². The Kier molecular flexibility index (Phi) is 4.48. The molecule has 3 rings (SSSR count). The van der Waals surface area contributed by atoms with Crippen LogP contribution in [0.15, 0.2) is 59.7 Å². The number of hydrogen-bond donors (Lipinski definition) is 2. The van der Waals surface area contributed by atoms with E-state index in [4.69, 9.17) is 0 Å². The van der Waals surface area contributed by atoms with E-state index < -0.39 is 5.54 Å². The van der Waals surface area contributed by atoms with Gasteiger partial charge in [0.05, 0.1) is 5.71 Å². The first-order chi connectivity index (χ1) is 11.8. The molecule has 4 heteroatoms. The molecule has 1 heterocycles. The molecule has 2 aromatic carbocycles. The molecule has 0 aliphatic carbocycles. The number of nitrogens with zero attached hydrogens (tertiary/aromatic N) is 1. The monoisotopic (exact) mass is 335 g/mol. The van der Waals surface area contributed by atoms with Crippen LogP contribution >= 0.6 is 0 Å². The molecule has 25 heavy (non-hydrogen) atoms. The summed E-state index contributed by atoms with van der Waals surface area (Å²) < 4.78 is 0. The molecule has 2 N–H and O–H groups in total. The minimum atomic E-state index is -0.821. The average Bonchev–Trinajstić information content (AvgIpc) is 2.59. The van der Waals surface area contributed by atoms with E-state index >= 15 is 0 Å². The van der Waals surface area contributed by atoms with E-state index in [0.29, 0.717) is 0 Å². The van der Waals surface area contributed by atoms with Crippen LogP contribution in [-0.4, -0.2) is 17.2 Å². The van der Waals surface area contributed by atoms with E-state index in [-0.39, 0.29) is 11.4 Å². The third kappa shape index (κ3) is 3.49. The lowest BCUT2D eigenvalue weighted by Crippen LogP contribution is -2.62. The molecule has 1 atom stereocenters. The van der Waals surface area contributed by atoms with Crippen LogP contribution in [0.5, 0.6) is 0 Å². The van der Waals surface area contributed by atoms with E-state index in [1.54, 1.807) is 0 Å². The van der Waals surface area contributed by atoms with Crippen LogP contribution in [0, 0.1) is 0 Å². The Bertz CT molecular complexity index is 811. The second-order valence-electron chi connectivity index (χ2n) is 7.47. The molecule has 1 aliphatic rings. The summed E-state index contributed by atoms with van der Waals surface area (Å²) in [4.78, 5) is 13.0. The van der Waals surface area contributed by atoms with Crippen molar-refractivity contribution in [3.05, 3.63) is 71.3 Å². The van der Waals surface area contributed by atoms with Gasteiger partial charge in [0.1, 0.15) is 5.54 Å². The fourth-order valence-electron chi connectivity index (χ4n) is 3.60. The zero-order valence-electron chi connectivity index (χ0n) is 15.3. The number of amides is 1. The van der Waals surface area contributed by atoms with Gasteiger partial charge < -0.3 is 0 Å². The van der Waals surface area contributed by atoms with Gasteiger partial charge >= 0.3 is 0 Å². The molecule has 130 valence electrons. The van der Waals surface area contributed by atoms with Crippen LogP contribution in [0.3, 0.4) is 0 Å². The summed E-state index contributed by atoms with van der Waals surface area (Å²) in [5.74, 6) is -0.150. The number of rotatable bonds is 3. The molecule has 1 aliphatic heterocycles. The minimum absolute atomic E-state index is 0.150. The van der Waals surface area contributed by atoms with Crippen molar-refractivity contribution in [3.8, 4) is 0 Å². The largest absolute Gasteiger partial charge is 0.294 e. The topological polar surface area (TPSA) is 53.5 Å². The molecular formula is C21H25N3O. The summed E-state index contributed by atoms with van der Waals surface area (Å²) in [7, 11) is 0. The first kappa shape index (κ1) is 17.4. The Labute approximate surface area is 149 Å². The number of hydrogen-bond acceptors (Lipinski definition) is 3. The zero-order chi connectivity index (χ0) is 18.1. The van der Waals surface area contributed by atoms with Crippen molar-refractivity contribution in [3.63, 3.8) is 0 Å². The van der Waals surface area contributed by atoms with Crippen molar-refractivity contribution in [2.24, 2.45) is 5.10 Å². The van der Waals surface area contributed by atoms with E-state index in [2.05, 4.69) is 35.8 Å². The van der Waals surface area contributed by atoms with Crippen LogP contribution in [-0.2, 0) is 16.8 Å². The number of hydrazone groups is 1. The van der Waals surface area contributed by atoms with Gasteiger partial charge in [0.15, 0.2) is 0 Å². The molecule has 1 amide bonds. The maximum atomic E-state index is 13.0. The number of nitrogens with one attached hydrogen (secondary N) is 2. The maximum Gasteiger partial charge on any atom is 0.264 e. The van der Waals surface area contributed by atoms with E-state index in [1.165, 1.54) is 5.56 Å². The molecule has 0 spiro atoms. The SMILES string of the molecule is C/C(=N/NC(=O)[C@@]1(C)NC(C)(C)Cc2ccccc21)c1ccccc1. The summed E-state index contributed by atoms with van der Waals surface area (Å²) in [6.45, 7) is 8.06. The minimum Gasteiger partial charge on any atom is -0.294 e. The quantitative estimate of drug-likeness (QED) is 0.667. The van der Waals surface area contributed by atoms with Gasteiger partial charge in [-0.1, -0.05) is 54.6 Å². The van der Waals surface area contributed by atoms with Crippen LogP contribution < -0.4 is 10.7 Å². The lowest BCUT2D eigenvalue weighted by Gasteiger charge is -2.44. The molecule has 0 unspecified atom stereocenters. The number of carbonyl (C=O) groups is 1. The highest BCUT2D eigenvalue weighted by Gasteiger charge is 2.44. The Morgan fingerprint density at radius 3 is 2.40 bits per heavy atom. The van der Waals surface area contributed by atoms with Crippen LogP contribution in [0.25, 0.3) is 0 Å². The molecule has 0 fully saturated rings. The van der Waals surface area contributed by atoms with Crippen molar-refractivity contribution >= 4 is 11.6 Å². The lowest BCUT2D eigenvalue weighted by molar-refractivity contribution is -0.128. The molecular weight excluding hydrogens is 310 g/mol. The predicted molar refractivity (Wildman–Crippen MR) is 102 cm³/mol. The number of carbonyl (C=O) groups excluding carboxylic acids is 1. The first-order valence-electron chi connectivity index (χ1n) is 8.60. The smallest absolute Gasteiger partial charge is 0.264 e. The highest BCUT2D eigenvalue weighted by atomic mass is 16.2. The van der Waals surface area contributed by atoms with Gasteiger partial charge in [-0.15, -0.1) is 0 Å². The molecule has 0 saturated heterocycles. The summed E-state index contributed by atoms with van der Waals surface area (Å²) >= 11 is 0. The Morgan fingerprint density at radius 1 is 1.04 bits per heavy atom. The Morgan fingerprint density at radius 2 is 1.68 bits per heavy atom. The Balaban J connectivity index is 1.88. The van der Waals surface area contributed by atoms with Gasteiger partial charge in [-0.25, -0.2) is 5.43 Å². The summed E-state index contributed by atoms with van der Waals surface area (Å²) in [5.41, 5.74) is 5.75. The molecule has 2 aromatic rings. The highest BCUT2D eigenvalue weighted by Crippen LogP contribution is 2.34. The van der Waals surface area contributed by atoms with Gasteiger partial charge in [-0.05, 0) is 50.8 Å². The van der Waals surface area contributed by atoms with Gasteiger partial charge in [-0.2, -0.15) is 5.10 Å². The van der Waals surface area contributed by atoms with E-state index in [1.807, 2.05) is 62.4 Å². The van der Waals surface area contributed by atoms with E-state index in [0.717, 1.165) is 23.3 Å². The second kappa shape index (κ2) is 6.45. The second-order valence-corrected chi connectivity index (χ2v) is 7.47. The normalized spacial score (nSPS) is 22.2. The fourth-order valence-corrected chi connectivity index (χ4v) is 3.60. The van der Waals surface area contributed by atoms with Gasteiger partial charge in [0, 0.05) is 5.54 Å². The molecule has 0 saturated carbocycles. The van der Waals surface area contributed by atoms with Crippen molar-refractivity contribution < 1.29 is 4.79 Å². The van der Waals surface area contributed by atoms with Gasteiger partial charge in [0.2, 0.25) is 0 Å². The summed E-state index contributed by atoms with van der Waals surface area (Å²) in [6.07, 6.45) is 0.887. The average molecular weight is 335 g/mol. The summed E-state index contributed by atoms with van der Waals surface area (Å²) in [5, 5.41) is 7.82. The third-order valence-electron chi connectivity index (χ3n) is 4.75. The van der Waals surface area contributed by atoms with Crippen LogP contribution in [0.4, 0.5) is 0 Å². The van der Waals surface area contributed by atoms with Crippen LogP contribution in [0.2, 0.25) is 0 Å². The first-order valence-corrected chi connectivity index (χ1v) is 8.60. The number of benzene rings is 2. The standard InChI is InChI=1S/C21H25N3O/c1-15(16-10-6-5-7-11-16)22-23-19(25)21(4)18-13-9-8-12-17(18)14-20(2,3)24-21/h5-13,24H,14H2,1-4H3,(H,23,25)/b22-15-/t21-/m0/s1. The zero-order valence-corrected chi connectivity index (χ0v) is 15.3. The summed E-state index contributed by atoms with van der Waals surface area (Å²) in [6, 6.07) is 17.9. The molecule has 4 nitrogen and oxygen atoms in total. The van der Waals surface area contributed by atoms with Crippen molar-refractivity contribution in [2.75, 3.05) is 0 Å². The van der Waals surface area contributed by atoms with Crippen molar-refractivity contribution in [2.45, 2.75) is 45.2 Å². The van der Waals surface area contributed by atoms with E-state index in [9.17, 15) is 4.79 Å². The van der Waals surface area contributed by atoms with Crippen molar-refractivity contribution in [1.29, 1.82) is 0 Å². The van der Waals surface area contributed by atoms with Gasteiger partial charge in [-0.3, -0.25) is 10.1 Å². The maximum absolute atomic E-state index is 13.0. The lowest BCUT2D eigenvalue weighted by atomic mass is 9.76. The predicted octanol–water partition coefficient (Wildman–Crippen LogP) is 3.37. The Hall–Kier alpha value is -2.46. The highest BCUT2D eigenvalue weighted by molar-refractivity contribution is 5.99. The van der Waals surface area contributed by atoms with Crippen LogP contribution in [0.1, 0.15) is 44.4 Å². The molecule has 0 bridgehead atoms. The third-order valence-corrected chi connectivity index (χ3v) is 4.75. The number of fused-ring (bicyclic) bond motifs is 1. The van der Waals surface area contributed by atoms with Crippen molar-refractivity contribution in [1.82, 2.24) is 10.7 Å². The molecule has 0 aromatic heterocycles. The fraction of sp³-hybridized carbons (Fsp3) is 0.333.